The summed E-state index contributed by atoms with van der Waals surface area (Å²) in [6.07, 6.45) is 3.43. The van der Waals surface area contributed by atoms with Crippen LogP contribution in [-0.4, -0.2) is 21.9 Å². The van der Waals surface area contributed by atoms with Gasteiger partial charge in [-0.2, -0.15) is 10.2 Å². The highest BCUT2D eigenvalue weighted by atomic mass is 79.9. The van der Waals surface area contributed by atoms with E-state index < -0.39 is 0 Å². The number of aromatic nitrogens is 2. The number of nitrogens with one attached hydrogen (secondary N) is 1. The molecule has 5 rings (SSSR count). The molecule has 0 unspecified atom stereocenters. The third kappa shape index (κ3) is 3.98. The van der Waals surface area contributed by atoms with Gasteiger partial charge in [-0.25, -0.2) is 10.1 Å². The van der Waals surface area contributed by atoms with E-state index in [-0.39, 0.29) is 5.91 Å². The van der Waals surface area contributed by atoms with E-state index in [0.717, 1.165) is 16.7 Å². The maximum Gasteiger partial charge on any atom is 0.272 e. The van der Waals surface area contributed by atoms with E-state index in [1.807, 2.05) is 79.0 Å². The van der Waals surface area contributed by atoms with Crippen molar-refractivity contribution in [3.8, 4) is 17.1 Å². The fourth-order valence-electron chi connectivity index (χ4n) is 3.35. The number of carbonyl (C=O) groups excluding carboxylic acids is 1. The highest BCUT2D eigenvalue weighted by molar-refractivity contribution is 9.10. The van der Waals surface area contributed by atoms with Crippen molar-refractivity contribution in [2.45, 2.75) is 0 Å². The van der Waals surface area contributed by atoms with Gasteiger partial charge in [0.05, 0.1) is 17.5 Å². The van der Waals surface area contributed by atoms with Crippen molar-refractivity contribution in [3.63, 3.8) is 0 Å². The third-order valence-electron chi connectivity index (χ3n) is 4.91. The number of carbonyl (C=O) groups is 1. The fourth-order valence-corrected chi connectivity index (χ4v) is 3.82. The molecule has 0 bridgehead atoms. The Morgan fingerprint density at radius 2 is 1.75 bits per heavy atom. The molecule has 0 aliphatic rings. The van der Waals surface area contributed by atoms with E-state index in [1.54, 1.807) is 23.0 Å². The van der Waals surface area contributed by atoms with Gasteiger partial charge >= 0.3 is 0 Å². The standard InChI is InChI=1S/C25H17BrN4O2/c26-21-12-6-5-11-20(21)25(31)28-27-15-18-16-30(19-9-2-1-3-10-19)29-24(18)23-14-17-8-4-7-13-22(17)32-23/h1-16H,(H,28,31). The van der Waals surface area contributed by atoms with Crippen LogP contribution in [0.4, 0.5) is 0 Å². The molecule has 0 spiro atoms. The highest BCUT2D eigenvalue weighted by Gasteiger charge is 2.16. The largest absolute Gasteiger partial charge is 0.454 e. The van der Waals surface area contributed by atoms with E-state index in [1.165, 1.54) is 0 Å². The lowest BCUT2D eigenvalue weighted by Gasteiger charge is -2.01. The molecular formula is C25H17BrN4O2. The summed E-state index contributed by atoms with van der Waals surface area (Å²) in [5.41, 5.74) is 6.10. The van der Waals surface area contributed by atoms with E-state index in [4.69, 9.17) is 9.52 Å². The Balaban J connectivity index is 1.50. The Hall–Kier alpha value is -3.97. The topological polar surface area (TPSA) is 72.4 Å². The maximum atomic E-state index is 12.5. The number of nitrogens with zero attached hydrogens (tertiary/aromatic N) is 3. The van der Waals surface area contributed by atoms with Gasteiger partial charge in [0.25, 0.3) is 5.91 Å². The summed E-state index contributed by atoms with van der Waals surface area (Å²) in [7, 11) is 0. The summed E-state index contributed by atoms with van der Waals surface area (Å²) in [5, 5.41) is 9.88. The van der Waals surface area contributed by atoms with Gasteiger partial charge in [-0.1, -0.05) is 48.5 Å². The molecule has 0 aliphatic heterocycles. The minimum Gasteiger partial charge on any atom is -0.454 e. The summed E-state index contributed by atoms with van der Waals surface area (Å²) >= 11 is 3.38. The SMILES string of the molecule is O=C(NN=Cc1cn(-c2ccccc2)nc1-c1cc2ccccc2o1)c1ccccc1Br. The van der Waals surface area contributed by atoms with Gasteiger partial charge in [0, 0.05) is 21.6 Å². The number of hydrogen-bond acceptors (Lipinski definition) is 4. The lowest BCUT2D eigenvalue weighted by molar-refractivity contribution is 0.0954. The maximum absolute atomic E-state index is 12.5. The Kier molecular flexibility index (Phi) is 5.39. The first kappa shape index (κ1) is 20.0. The quantitative estimate of drug-likeness (QED) is 0.252. The smallest absolute Gasteiger partial charge is 0.272 e. The molecule has 0 saturated heterocycles. The summed E-state index contributed by atoms with van der Waals surface area (Å²) in [5.74, 6) is 0.314. The van der Waals surface area contributed by atoms with Crippen LogP contribution in [0.2, 0.25) is 0 Å². The summed E-state index contributed by atoms with van der Waals surface area (Å²) in [6, 6.07) is 26.7. The minimum absolute atomic E-state index is 0.311. The summed E-state index contributed by atoms with van der Waals surface area (Å²) < 4.78 is 8.49. The normalized spacial score (nSPS) is 11.3. The number of benzene rings is 3. The Bertz CT molecular complexity index is 1400. The van der Waals surface area contributed by atoms with Gasteiger partial charge < -0.3 is 4.42 Å². The molecule has 1 amide bonds. The number of hydrazone groups is 1. The minimum atomic E-state index is -0.311. The molecule has 0 aliphatic carbocycles. The molecule has 156 valence electrons. The lowest BCUT2D eigenvalue weighted by atomic mass is 10.2. The summed E-state index contributed by atoms with van der Waals surface area (Å²) in [6.45, 7) is 0. The Morgan fingerprint density at radius 3 is 2.56 bits per heavy atom. The number of fused-ring (bicyclic) bond motifs is 1. The molecule has 6 nitrogen and oxygen atoms in total. The van der Waals surface area contributed by atoms with Gasteiger partial charge in [0.1, 0.15) is 11.3 Å². The molecular weight excluding hydrogens is 468 g/mol. The van der Waals surface area contributed by atoms with Gasteiger partial charge in [-0.3, -0.25) is 4.79 Å². The molecule has 5 aromatic rings. The molecule has 0 radical (unpaired) electrons. The second kappa shape index (κ2) is 8.64. The van der Waals surface area contributed by atoms with E-state index in [0.29, 0.717) is 27.1 Å². The number of halogens is 1. The van der Waals surface area contributed by atoms with Crippen LogP contribution in [-0.2, 0) is 0 Å². The number of para-hydroxylation sites is 2. The van der Waals surface area contributed by atoms with Crippen LogP contribution in [0.25, 0.3) is 28.1 Å². The van der Waals surface area contributed by atoms with E-state index in [2.05, 4.69) is 26.5 Å². The molecule has 3 aromatic carbocycles. The van der Waals surface area contributed by atoms with Crippen LogP contribution in [0, 0.1) is 0 Å². The van der Waals surface area contributed by atoms with Gasteiger partial charge in [0.15, 0.2) is 5.76 Å². The molecule has 0 saturated carbocycles. The fraction of sp³-hybridized carbons (Fsp3) is 0. The van der Waals surface area contributed by atoms with Crippen molar-refractivity contribution in [1.82, 2.24) is 15.2 Å². The molecule has 2 aromatic heterocycles. The van der Waals surface area contributed by atoms with Gasteiger partial charge in [-0.15, -0.1) is 0 Å². The predicted molar refractivity (Wildman–Crippen MR) is 128 cm³/mol. The van der Waals surface area contributed by atoms with Crippen LogP contribution in [0.5, 0.6) is 0 Å². The number of rotatable bonds is 5. The molecule has 7 heteroatoms. The zero-order chi connectivity index (χ0) is 21.9. The molecule has 0 fully saturated rings. The van der Waals surface area contributed by atoms with Crippen molar-refractivity contribution < 1.29 is 9.21 Å². The van der Waals surface area contributed by atoms with E-state index >= 15 is 0 Å². The second-order valence-corrected chi connectivity index (χ2v) is 7.89. The number of furan rings is 1. The van der Waals surface area contributed by atoms with Gasteiger partial charge in [-0.05, 0) is 52.3 Å². The van der Waals surface area contributed by atoms with Crippen molar-refractivity contribution >= 4 is 39.0 Å². The van der Waals surface area contributed by atoms with Crippen LogP contribution in [0.1, 0.15) is 15.9 Å². The van der Waals surface area contributed by atoms with Crippen LogP contribution in [0.3, 0.4) is 0 Å². The zero-order valence-corrected chi connectivity index (χ0v) is 18.4. The Morgan fingerprint density at radius 1 is 1.00 bits per heavy atom. The average Bonchev–Trinajstić information content (AvgIpc) is 3.44. The zero-order valence-electron chi connectivity index (χ0n) is 16.8. The van der Waals surface area contributed by atoms with Crippen LogP contribution < -0.4 is 5.43 Å². The lowest BCUT2D eigenvalue weighted by Crippen LogP contribution is -2.18. The summed E-state index contributed by atoms with van der Waals surface area (Å²) in [4.78, 5) is 12.5. The molecule has 2 heterocycles. The van der Waals surface area contributed by atoms with Crippen molar-refractivity contribution in [2.75, 3.05) is 0 Å². The van der Waals surface area contributed by atoms with E-state index in [9.17, 15) is 4.79 Å². The monoisotopic (exact) mass is 484 g/mol. The van der Waals surface area contributed by atoms with Gasteiger partial charge in [0.2, 0.25) is 0 Å². The third-order valence-corrected chi connectivity index (χ3v) is 5.60. The molecule has 1 N–H and O–H groups in total. The number of amides is 1. The average molecular weight is 485 g/mol. The first-order chi connectivity index (χ1) is 15.7. The molecule has 32 heavy (non-hydrogen) atoms. The molecule has 0 atom stereocenters. The van der Waals surface area contributed by atoms with Crippen molar-refractivity contribution in [1.29, 1.82) is 0 Å². The van der Waals surface area contributed by atoms with Crippen LogP contribution >= 0.6 is 15.9 Å². The van der Waals surface area contributed by atoms with Crippen molar-refractivity contribution in [2.24, 2.45) is 5.10 Å². The predicted octanol–water partition coefficient (Wildman–Crippen LogP) is 5.81. The van der Waals surface area contributed by atoms with Crippen molar-refractivity contribution in [3.05, 3.63) is 107 Å². The van der Waals surface area contributed by atoms with Crippen LogP contribution in [0.15, 0.2) is 105 Å². The number of hydrogen-bond donors (Lipinski definition) is 1. The second-order valence-electron chi connectivity index (χ2n) is 7.04. The highest BCUT2D eigenvalue weighted by Crippen LogP contribution is 2.29. The first-order valence-electron chi connectivity index (χ1n) is 9.91. The first-order valence-corrected chi connectivity index (χ1v) is 10.7. The Labute approximate surface area is 192 Å².